The van der Waals surface area contributed by atoms with Crippen LogP contribution in [0.4, 0.5) is 13.2 Å². The second kappa shape index (κ2) is 6.33. The molecule has 0 bridgehead atoms. The summed E-state index contributed by atoms with van der Waals surface area (Å²) in [5, 5.41) is 3.31. The van der Waals surface area contributed by atoms with Gasteiger partial charge in [-0.15, -0.1) is 0 Å². The third-order valence-corrected chi connectivity index (χ3v) is 4.56. The topological polar surface area (TPSA) is 32.3 Å². The number of alkyl halides is 3. The van der Waals surface area contributed by atoms with Gasteiger partial charge in [0.25, 0.3) is 0 Å². The fraction of sp³-hybridized carbons (Fsp3) is 0.929. The third-order valence-electron chi connectivity index (χ3n) is 4.56. The van der Waals surface area contributed by atoms with Gasteiger partial charge in [0.2, 0.25) is 5.91 Å². The van der Waals surface area contributed by atoms with Crippen LogP contribution in [0.25, 0.3) is 0 Å². The minimum Gasteiger partial charge on any atom is -0.342 e. The van der Waals surface area contributed by atoms with Crippen LogP contribution < -0.4 is 5.32 Å². The number of amides is 1. The predicted octanol–water partition coefficient (Wildman–Crippen LogP) is 2.57. The molecule has 6 heteroatoms. The number of rotatable bonds is 2. The van der Waals surface area contributed by atoms with E-state index in [4.69, 9.17) is 0 Å². The maximum atomic E-state index is 12.7. The van der Waals surface area contributed by atoms with E-state index >= 15 is 0 Å². The molecule has 0 aromatic rings. The third kappa shape index (κ3) is 3.87. The van der Waals surface area contributed by atoms with Gasteiger partial charge in [-0.25, -0.2) is 0 Å². The van der Waals surface area contributed by atoms with Crippen molar-refractivity contribution in [2.75, 3.05) is 19.6 Å². The van der Waals surface area contributed by atoms with Crippen molar-refractivity contribution in [3.8, 4) is 0 Å². The molecule has 0 radical (unpaired) electrons. The first kappa shape index (κ1) is 15.6. The Morgan fingerprint density at radius 2 is 2.05 bits per heavy atom. The summed E-state index contributed by atoms with van der Waals surface area (Å²) < 4.78 is 38.2. The molecule has 0 spiro atoms. The number of carbonyl (C=O) groups excluding carboxylic acids is 1. The quantitative estimate of drug-likeness (QED) is 0.848. The monoisotopic (exact) mass is 292 g/mol. The zero-order valence-corrected chi connectivity index (χ0v) is 11.9. The molecule has 2 fully saturated rings. The lowest BCUT2D eigenvalue weighted by Crippen LogP contribution is -2.48. The molecule has 0 aromatic heterocycles. The van der Waals surface area contributed by atoms with Crippen LogP contribution in [0.1, 0.15) is 39.0 Å². The summed E-state index contributed by atoms with van der Waals surface area (Å²) in [4.78, 5) is 13.6. The van der Waals surface area contributed by atoms with Gasteiger partial charge in [0, 0.05) is 25.6 Å². The largest absolute Gasteiger partial charge is 0.393 e. The molecule has 2 saturated heterocycles. The Bertz CT molecular complexity index is 346. The summed E-state index contributed by atoms with van der Waals surface area (Å²) in [5.41, 5.74) is 0. The van der Waals surface area contributed by atoms with Crippen LogP contribution >= 0.6 is 0 Å². The summed E-state index contributed by atoms with van der Waals surface area (Å²) in [6.45, 7) is 3.29. The molecule has 3 nitrogen and oxygen atoms in total. The Labute approximate surface area is 117 Å². The van der Waals surface area contributed by atoms with Crippen molar-refractivity contribution >= 4 is 5.91 Å². The lowest BCUT2D eigenvalue weighted by atomic mass is 9.89. The standard InChI is InChI=1S/C14H23F3N2O/c1-10-4-2-6-18-12(10)8-13(20)19-7-3-5-11(9-19)14(15,16)17/h10-12,18H,2-9H2,1H3. The van der Waals surface area contributed by atoms with Gasteiger partial charge in [0.1, 0.15) is 0 Å². The summed E-state index contributed by atoms with van der Waals surface area (Å²) in [7, 11) is 0. The minimum absolute atomic E-state index is 0.113. The molecule has 2 aliphatic heterocycles. The first-order chi connectivity index (χ1) is 9.38. The van der Waals surface area contributed by atoms with Gasteiger partial charge in [0.15, 0.2) is 0 Å². The van der Waals surface area contributed by atoms with Crippen molar-refractivity contribution < 1.29 is 18.0 Å². The average Bonchev–Trinajstić information content (AvgIpc) is 2.40. The summed E-state index contributed by atoms with van der Waals surface area (Å²) in [5.74, 6) is -1.07. The average molecular weight is 292 g/mol. The molecule has 1 amide bonds. The molecule has 1 N–H and O–H groups in total. The van der Waals surface area contributed by atoms with Crippen molar-refractivity contribution in [1.29, 1.82) is 0 Å². The van der Waals surface area contributed by atoms with Crippen LogP contribution in [0.3, 0.4) is 0 Å². The smallest absolute Gasteiger partial charge is 0.342 e. The normalized spacial score (nSPS) is 32.2. The number of nitrogens with zero attached hydrogens (tertiary/aromatic N) is 1. The highest BCUT2D eigenvalue weighted by Gasteiger charge is 2.42. The van der Waals surface area contributed by atoms with E-state index in [9.17, 15) is 18.0 Å². The number of nitrogens with one attached hydrogen (secondary N) is 1. The van der Waals surface area contributed by atoms with E-state index in [1.54, 1.807) is 0 Å². The van der Waals surface area contributed by atoms with E-state index in [0.717, 1.165) is 19.4 Å². The van der Waals surface area contributed by atoms with Gasteiger partial charge in [-0.05, 0) is 38.1 Å². The maximum absolute atomic E-state index is 12.7. The van der Waals surface area contributed by atoms with Gasteiger partial charge in [-0.2, -0.15) is 13.2 Å². The molecule has 20 heavy (non-hydrogen) atoms. The van der Waals surface area contributed by atoms with Crippen LogP contribution in [0, 0.1) is 11.8 Å². The molecule has 0 aromatic carbocycles. The van der Waals surface area contributed by atoms with Crippen molar-refractivity contribution in [2.45, 2.75) is 51.2 Å². The highest BCUT2D eigenvalue weighted by Crippen LogP contribution is 2.33. The van der Waals surface area contributed by atoms with Crippen molar-refractivity contribution in [3.63, 3.8) is 0 Å². The first-order valence-corrected chi connectivity index (χ1v) is 7.46. The van der Waals surface area contributed by atoms with Crippen LogP contribution in [-0.2, 0) is 4.79 Å². The molecule has 116 valence electrons. The molecule has 0 aliphatic carbocycles. The highest BCUT2D eigenvalue weighted by atomic mass is 19.4. The van der Waals surface area contributed by atoms with Gasteiger partial charge in [0.05, 0.1) is 5.92 Å². The van der Waals surface area contributed by atoms with Gasteiger partial charge in [-0.3, -0.25) is 4.79 Å². The molecular weight excluding hydrogens is 269 g/mol. The molecule has 3 unspecified atom stereocenters. The van der Waals surface area contributed by atoms with Crippen LogP contribution in [0.2, 0.25) is 0 Å². The van der Waals surface area contributed by atoms with E-state index in [1.165, 1.54) is 4.90 Å². The zero-order valence-electron chi connectivity index (χ0n) is 11.9. The summed E-state index contributed by atoms with van der Waals surface area (Å²) in [6, 6.07) is 0.113. The second-order valence-electron chi connectivity index (χ2n) is 6.10. The minimum atomic E-state index is -4.19. The number of hydrogen-bond acceptors (Lipinski definition) is 2. The molecule has 3 atom stereocenters. The zero-order chi connectivity index (χ0) is 14.8. The van der Waals surface area contributed by atoms with Crippen molar-refractivity contribution in [1.82, 2.24) is 10.2 Å². The summed E-state index contributed by atoms with van der Waals surface area (Å²) in [6.07, 6.45) is -1.09. The predicted molar refractivity (Wildman–Crippen MR) is 70.2 cm³/mol. The highest BCUT2D eigenvalue weighted by molar-refractivity contribution is 5.77. The Morgan fingerprint density at radius 1 is 1.30 bits per heavy atom. The lowest BCUT2D eigenvalue weighted by Gasteiger charge is -2.36. The van der Waals surface area contributed by atoms with Gasteiger partial charge in [-0.1, -0.05) is 6.92 Å². The molecule has 2 rings (SSSR count). The number of likely N-dealkylation sites (tertiary alicyclic amines) is 1. The Balaban J connectivity index is 1.88. The lowest BCUT2D eigenvalue weighted by molar-refractivity contribution is -0.188. The number of hydrogen-bond donors (Lipinski definition) is 1. The van der Waals surface area contributed by atoms with E-state index in [1.807, 2.05) is 0 Å². The molecule has 0 saturated carbocycles. The Hall–Kier alpha value is -0.780. The Kier molecular flexibility index (Phi) is 4.94. The second-order valence-corrected chi connectivity index (χ2v) is 6.10. The van der Waals surface area contributed by atoms with Crippen LogP contribution in [0.15, 0.2) is 0 Å². The van der Waals surface area contributed by atoms with Crippen LogP contribution in [0.5, 0.6) is 0 Å². The first-order valence-electron chi connectivity index (χ1n) is 7.46. The number of piperidine rings is 2. The van der Waals surface area contributed by atoms with E-state index < -0.39 is 12.1 Å². The van der Waals surface area contributed by atoms with E-state index in [-0.39, 0.29) is 24.9 Å². The SMILES string of the molecule is CC1CCCNC1CC(=O)N1CCCC(C(F)(F)F)C1. The Morgan fingerprint density at radius 3 is 2.70 bits per heavy atom. The fourth-order valence-corrected chi connectivity index (χ4v) is 3.18. The number of carbonyl (C=O) groups is 1. The molecular formula is C14H23F3N2O. The maximum Gasteiger partial charge on any atom is 0.393 e. The fourth-order valence-electron chi connectivity index (χ4n) is 3.18. The molecule has 2 heterocycles. The van der Waals surface area contributed by atoms with Crippen molar-refractivity contribution in [3.05, 3.63) is 0 Å². The van der Waals surface area contributed by atoms with Gasteiger partial charge < -0.3 is 10.2 Å². The summed E-state index contributed by atoms with van der Waals surface area (Å²) >= 11 is 0. The van der Waals surface area contributed by atoms with Crippen LogP contribution in [-0.4, -0.2) is 42.7 Å². The number of halogens is 3. The van der Waals surface area contributed by atoms with Crippen molar-refractivity contribution in [2.24, 2.45) is 11.8 Å². The van der Waals surface area contributed by atoms with E-state index in [0.29, 0.717) is 25.3 Å². The van der Waals surface area contributed by atoms with E-state index in [2.05, 4.69) is 12.2 Å². The molecule has 2 aliphatic rings. The van der Waals surface area contributed by atoms with Gasteiger partial charge >= 0.3 is 6.18 Å².